The molecule has 10 aromatic carbocycles. The molecule has 0 amide bonds. The molecule has 2 saturated heterocycles. The molecular formula is C80H70B2N2O4. The van der Waals surface area contributed by atoms with Crippen molar-refractivity contribution in [1.82, 2.24) is 9.97 Å². The Bertz CT molecular complexity index is 4350. The molecule has 4 aliphatic rings. The highest BCUT2D eigenvalue weighted by atomic mass is 16.7. The maximum Gasteiger partial charge on any atom is 0.494 e. The van der Waals surface area contributed by atoms with E-state index in [-0.39, 0.29) is 5.41 Å². The summed E-state index contributed by atoms with van der Waals surface area (Å²) in [6.07, 6.45) is 1.67. The molecule has 15 rings (SSSR count). The van der Waals surface area contributed by atoms with Crippen LogP contribution >= 0.6 is 0 Å². The Morgan fingerprint density at radius 1 is 0.284 bits per heavy atom. The lowest BCUT2D eigenvalue weighted by molar-refractivity contribution is 0.00578. The molecule has 6 nitrogen and oxygen atoms in total. The second-order valence-corrected chi connectivity index (χ2v) is 27.0. The highest BCUT2D eigenvalue weighted by molar-refractivity contribution is 6.62. The molecule has 11 aromatic rings. The average Bonchev–Trinajstić information content (AvgIpc) is 1.61. The van der Waals surface area contributed by atoms with Crippen LogP contribution in [0.1, 0.15) is 103 Å². The van der Waals surface area contributed by atoms with Gasteiger partial charge in [-0.05, 0) is 179 Å². The fourth-order valence-electron chi connectivity index (χ4n) is 14.1. The molecule has 0 N–H and O–H groups in total. The normalized spacial score (nSPS) is 17.5. The first kappa shape index (κ1) is 55.8. The Labute approximate surface area is 518 Å². The number of aromatic nitrogens is 2. The maximum absolute atomic E-state index is 6.44. The Hall–Kier alpha value is -8.75. The topological polar surface area (TPSA) is 62.7 Å². The van der Waals surface area contributed by atoms with Gasteiger partial charge < -0.3 is 18.6 Å². The van der Waals surface area contributed by atoms with Crippen molar-refractivity contribution >= 4 is 25.2 Å². The Kier molecular flexibility index (Phi) is 12.9. The van der Waals surface area contributed by atoms with E-state index >= 15 is 0 Å². The minimum atomic E-state index is -0.471. The highest BCUT2D eigenvalue weighted by Crippen LogP contribution is 2.57. The third-order valence-corrected chi connectivity index (χ3v) is 20.5. The Morgan fingerprint density at radius 2 is 0.602 bits per heavy atom. The first-order valence-electron chi connectivity index (χ1n) is 30.9. The van der Waals surface area contributed by atoms with Gasteiger partial charge in [-0.15, -0.1) is 0 Å². The molecule has 0 bridgehead atoms. The monoisotopic (exact) mass is 1140 g/mol. The van der Waals surface area contributed by atoms with Crippen LogP contribution in [-0.4, -0.2) is 46.6 Å². The van der Waals surface area contributed by atoms with Gasteiger partial charge in [0.05, 0.1) is 39.2 Å². The van der Waals surface area contributed by atoms with Crippen LogP contribution in [0, 0.1) is 0 Å². The van der Waals surface area contributed by atoms with E-state index < -0.39 is 42.1 Å². The van der Waals surface area contributed by atoms with Crippen molar-refractivity contribution in [3.05, 3.63) is 276 Å². The van der Waals surface area contributed by atoms with Gasteiger partial charge in [0.25, 0.3) is 0 Å². The minimum Gasteiger partial charge on any atom is -0.399 e. The van der Waals surface area contributed by atoms with Crippen molar-refractivity contribution in [1.29, 1.82) is 0 Å². The van der Waals surface area contributed by atoms with Gasteiger partial charge >= 0.3 is 14.2 Å². The largest absolute Gasteiger partial charge is 0.494 e. The van der Waals surface area contributed by atoms with Crippen LogP contribution in [0.25, 0.3) is 89.3 Å². The van der Waals surface area contributed by atoms with Crippen molar-refractivity contribution in [2.24, 2.45) is 0 Å². The molecule has 0 radical (unpaired) electrons. The van der Waals surface area contributed by atoms with Gasteiger partial charge in [-0.1, -0.05) is 232 Å². The molecule has 2 aliphatic carbocycles. The van der Waals surface area contributed by atoms with E-state index in [1.807, 2.05) is 0 Å². The summed E-state index contributed by atoms with van der Waals surface area (Å²) in [5.41, 5.74) is 25.1. The zero-order valence-corrected chi connectivity index (χ0v) is 51.8. The second-order valence-electron chi connectivity index (χ2n) is 27.0. The summed E-state index contributed by atoms with van der Waals surface area (Å²) in [5.74, 6) is 0. The summed E-state index contributed by atoms with van der Waals surface area (Å²) in [7, 11) is -0.942. The van der Waals surface area contributed by atoms with Crippen molar-refractivity contribution in [3.63, 3.8) is 0 Å². The van der Waals surface area contributed by atoms with E-state index in [2.05, 4.69) is 306 Å². The quantitative estimate of drug-likeness (QED) is 0.127. The summed E-state index contributed by atoms with van der Waals surface area (Å²) >= 11 is 0. The predicted molar refractivity (Wildman–Crippen MR) is 361 cm³/mol. The van der Waals surface area contributed by atoms with Gasteiger partial charge in [0.15, 0.2) is 0 Å². The SMILES string of the molecule is CC1(C)c2cc(-c3ccc(-c4ccc5c(c4)C(c4ccccc4)(c4ccccc4)c4ccccc4-5)cc3)ccc2-c2ccc(-c3ccc(-c4c(-c5ccc(B6OC(C)(C)C(C)(C)O6)cc5)ncnc4-c4ccc(B5OC(C)(C)C(C)(C)O5)cc4)cc3)cc21. The Morgan fingerprint density at radius 3 is 1.01 bits per heavy atom. The van der Waals surface area contributed by atoms with Crippen molar-refractivity contribution in [2.45, 2.75) is 102 Å². The molecule has 2 aliphatic heterocycles. The van der Waals surface area contributed by atoms with Gasteiger partial charge in [-0.2, -0.15) is 0 Å². The molecule has 0 unspecified atom stereocenters. The summed E-state index contributed by atoms with van der Waals surface area (Å²) in [6, 6.07) is 87.1. The summed E-state index contributed by atoms with van der Waals surface area (Å²) < 4.78 is 25.8. The van der Waals surface area contributed by atoms with Crippen molar-refractivity contribution in [3.8, 4) is 89.3 Å². The third-order valence-electron chi connectivity index (χ3n) is 20.5. The van der Waals surface area contributed by atoms with E-state index in [0.717, 1.165) is 50.1 Å². The molecule has 8 heteroatoms. The number of nitrogens with zero attached hydrogens (tertiary/aromatic N) is 2. The predicted octanol–water partition coefficient (Wildman–Crippen LogP) is 17.7. The number of hydrogen-bond acceptors (Lipinski definition) is 6. The summed E-state index contributed by atoms with van der Waals surface area (Å²) in [4.78, 5) is 10.0. The fraction of sp³-hybridized carbons (Fsp3) is 0.200. The summed E-state index contributed by atoms with van der Waals surface area (Å²) in [6.45, 7) is 21.4. The molecule has 0 spiro atoms. The van der Waals surface area contributed by atoms with Gasteiger partial charge in [-0.25, -0.2) is 9.97 Å². The van der Waals surface area contributed by atoms with Crippen LogP contribution in [0.5, 0.6) is 0 Å². The molecule has 0 saturated carbocycles. The zero-order valence-electron chi connectivity index (χ0n) is 51.8. The van der Waals surface area contributed by atoms with E-state index in [1.165, 1.54) is 83.5 Å². The lowest BCUT2D eigenvalue weighted by Gasteiger charge is -2.34. The fourth-order valence-corrected chi connectivity index (χ4v) is 14.1. The first-order chi connectivity index (χ1) is 42.3. The lowest BCUT2D eigenvalue weighted by Crippen LogP contribution is -2.41. The highest BCUT2D eigenvalue weighted by Gasteiger charge is 2.53. The molecule has 430 valence electrons. The van der Waals surface area contributed by atoms with Gasteiger partial charge in [-0.3, -0.25) is 0 Å². The Balaban J connectivity index is 0.724. The van der Waals surface area contributed by atoms with E-state index in [1.54, 1.807) is 6.33 Å². The standard InChI is InChI=1S/C80H70B2N2O4/c1-75(2)69-47-57(51-25-27-52(28-26-51)59-39-46-67-64-23-17-18-24-68(64)80(71(67)49-59,60-19-13-11-14-20-60)61-21-15-12-16-22-61)37-44-65(69)66-45-38-58(48-70(66)75)53-29-31-54(32-30-53)72-73(55-33-40-62(41-34-55)81-85-76(3,4)77(5,6)86-81)83-50-84-74(72)56-35-42-63(43-36-56)82-87-78(7,8)79(9,10)88-82/h11-50H,1-10H3. The van der Waals surface area contributed by atoms with Crippen LogP contribution in [0.3, 0.4) is 0 Å². The molecule has 0 atom stereocenters. The lowest BCUT2D eigenvalue weighted by atomic mass is 9.67. The average molecular weight is 1150 g/mol. The number of fused-ring (bicyclic) bond motifs is 6. The first-order valence-corrected chi connectivity index (χ1v) is 30.9. The van der Waals surface area contributed by atoms with Crippen LogP contribution in [0.4, 0.5) is 0 Å². The van der Waals surface area contributed by atoms with Crippen LogP contribution in [0.2, 0.25) is 0 Å². The second kappa shape index (κ2) is 20.4. The minimum absolute atomic E-state index is 0.232. The number of benzene rings is 10. The smallest absolute Gasteiger partial charge is 0.399 e. The molecule has 1 aromatic heterocycles. The van der Waals surface area contributed by atoms with Gasteiger partial charge in [0.2, 0.25) is 0 Å². The zero-order chi connectivity index (χ0) is 60.5. The van der Waals surface area contributed by atoms with E-state index in [9.17, 15) is 0 Å². The molecule has 2 fully saturated rings. The van der Waals surface area contributed by atoms with Crippen LogP contribution in [-0.2, 0) is 29.4 Å². The molecular weight excluding hydrogens is 1070 g/mol. The maximum atomic E-state index is 6.44. The van der Waals surface area contributed by atoms with Crippen LogP contribution < -0.4 is 10.9 Å². The van der Waals surface area contributed by atoms with E-state index in [0.29, 0.717) is 0 Å². The third kappa shape index (κ3) is 8.85. The number of hydrogen-bond donors (Lipinski definition) is 0. The van der Waals surface area contributed by atoms with Crippen molar-refractivity contribution < 1.29 is 18.6 Å². The summed E-state index contributed by atoms with van der Waals surface area (Å²) in [5, 5.41) is 0. The van der Waals surface area contributed by atoms with Crippen molar-refractivity contribution in [2.75, 3.05) is 0 Å². The molecule has 3 heterocycles. The van der Waals surface area contributed by atoms with Gasteiger partial charge in [0, 0.05) is 22.1 Å². The molecule has 88 heavy (non-hydrogen) atoms. The van der Waals surface area contributed by atoms with Gasteiger partial charge in [0.1, 0.15) is 6.33 Å². The number of rotatable bonds is 10. The van der Waals surface area contributed by atoms with E-state index in [4.69, 9.17) is 28.6 Å². The van der Waals surface area contributed by atoms with Crippen LogP contribution in [0.15, 0.2) is 243 Å².